The van der Waals surface area contributed by atoms with Gasteiger partial charge in [-0.25, -0.2) is 0 Å². The van der Waals surface area contributed by atoms with E-state index in [1.165, 1.54) is 0 Å². The minimum absolute atomic E-state index is 0.0400. The first-order valence-corrected chi connectivity index (χ1v) is 5.60. The molecule has 0 fully saturated rings. The average Bonchev–Trinajstić information content (AvgIpc) is 2.34. The fraction of sp³-hybridized carbons (Fsp3) is 0.909. The van der Waals surface area contributed by atoms with Gasteiger partial charge in [0.15, 0.2) is 0 Å². The van der Waals surface area contributed by atoms with Crippen molar-refractivity contribution in [3.8, 4) is 0 Å². The molecule has 16 heavy (non-hydrogen) atoms. The number of rotatable bonds is 9. The van der Waals surface area contributed by atoms with Gasteiger partial charge in [-0.2, -0.15) is 0 Å². The zero-order valence-electron chi connectivity index (χ0n) is 10.3. The van der Waals surface area contributed by atoms with Gasteiger partial charge in [0.1, 0.15) is 6.61 Å². The molecule has 0 aliphatic heterocycles. The Bertz CT molecular complexity index is 184. The molecule has 0 spiro atoms. The molecule has 0 rings (SSSR count). The lowest BCUT2D eigenvalue weighted by molar-refractivity contribution is -0.0681. The zero-order valence-corrected chi connectivity index (χ0v) is 10.3. The van der Waals surface area contributed by atoms with E-state index in [-0.39, 0.29) is 19.1 Å². The van der Waals surface area contributed by atoms with E-state index in [4.69, 9.17) is 9.57 Å². The quantitative estimate of drug-likeness (QED) is 0.456. The van der Waals surface area contributed by atoms with Crippen molar-refractivity contribution in [2.75, 3.05) is 26.9 Å². The highest BCUT2D eigenvalue weighted by molar-refractivity contribution is 5.60. The zero-order chi connectivity index (χ0) is 12.4. The molecule has 0 heterocycles. The van der Waals surface area contributed by atoms with Crippen LogP contribution in [0.25, 0.3) is 0 Å². The highest BCUT2D eigenvalue weighted by Crippen LogP contribution is 2.23. The van der Waals surface area contributed by atoms with Crippen LogP contribution in [0.5, 0.6) is 0 Å². The van der Waals surface area contributed by atoms with Crippen molar-refractivity contribution in [2.45, 2.75) is 32.3 Å². The van der Waals surface area contributed by atoms with Crippen LogP contribution in [0.4, 0.5) is 0 Å². The van der Waals surface area contributed by atoms with Crippen LogP contribution in [0.15, 0.2) is 5.16 Å². The van der Waals surface area contributed by atoms with Gasteiger partial charge in [0.2, 0.25) is 0 Å². The van der Waals surface area contributed by atoms with Crippen molar-refractivity contribution in [3.05, 3.63) is 0 Å². The third-order valence-electron chi connectivity index (χ3n) is 2.71. The number of hydrogen-bond acceptors (Lipinski definition) is 5. The minimum Gasteiger partial charge on any atom is -0.396 e. The highest BCUT2D eigenvalue weighted by atomic mass is 16.6. The summed E-state index contributed by atoms with van der Waals surface area (Å²) in [6.45, 7) is 4.16. The summed E-state index contributed by atoms with van der Waals surface area (Å²) in [6, 6.07) is 0. The second-order valence-electron chi connectivity index (χ2n) is 3.72. The van der Waals surface area contributed by atoms with E-state index in [1.54, 1.807) is 13.3 Å². The lowest BCUT2D eigenvalue weighted by atomic mass is 9.89. The molecule has 5 heteroatoms. The van der Waals surface area contributed by atoms with Crippen LogP contribution < -0.4 is 0 Å². The van der Waals surface area contributed by atoms with E-state index in [2.05, 4.69) is 5.16 Å². The normalized spacial score (nSPS) is 17.3. The second-order valence-corrected chi connectivity index (χ2v) is 3.72. The molecular formula is C11H23NO4. The molecule has 0 aromatic carbocycles. The first-order chi connectivity index (χ1) is 7.67. The Morgan fingerprint density at radius 1 is 1.38 bits per heavy atom. The molecule has 2 N–H and O–H groups in total. The molecule has 0 aromatic rings. The summed E-state index contributed by atoms with van der Waals surface area (Å²) < 4.78 is 5.31. The van der Waals surface area contributed by atoms with Crippen LogP contribution >= 0.6 is 0 Å². The Kier molecular flexibility index (Phi) is 8.15. The Balaban J connectivity index is 4.37. The first kappa shape index (κ1) is 15.3. The van der Waals surface area contributed by atoms with E-state index >= 15 is 0 Å². The molecule has 0 saturated heterocycles. The molecule has 0 bridgehead atoms. The van der Waals surface area contributed by atoms with Crippen molar-refractivity contribution in [1.29, 1.82) is 0 Å². The van der Waals surface area contributed by atoms with Crippen LogP contribution in [0.1, 0.15) is 26.7 Å². The van der Waals surface area contributed by atoms with Gasteiger partial charge in [-0.1, -0.05) is 12.1 Å². The van der Waals surface area contributed by atoms with Gasteiger partial charge in [-0.15, -0.1) is 0 Å². The summed E-state index contributed by atoms with van der Waals surface area (Å²) in [4.78, 5) is 4.84. The van der Waals surface area contributed by atoms with Gasteiger partial charge in [0.05, 0.1) is 18.8 Å². The SMILES string of the molecule is CCO/N=C/C(CO)CC(CC)(CO)OC. The van der Waals surface area contributed by atoms with Crippen LogP contribution in [-0.4, -0.2) is 49.0 Å². The topological polar surface area (TPSA) is 71.3 Å². The Morgan fingerprint density at radius 3 is 2.44 bits per heavy atom. The predicted octanol–water partition coefficient (Wildman–Crippen LogP) is 0.795. The van der Waals surface area contributed by atoms with Crippen LogP contribution in [0.2, 0.25) is 0 Å². The molecular weight excluding hydrogens is 210 g/mol. The molecule has 2 unspecified atom stereocenters. The average molecular weight is 233 g/mol. The maximum atomic E-state index is 9.31. The third-order valence-corrected chi connectivity index (χ3v) is 2.71. The van der Waals surface area contributed by atoms with Gasteiger partial charge in [0, 0.05) is 19.2 Å². The predicted molar refractivity (Wildman–Crippen MR) is 62.4 cm³/mol. The summed E-state index contributed by atoms with van der Waals surface area (Å²) in [6.07, 6.45) is 2.76. The minimum atomic E-state index is -0.606. The van der Waals surface area contributed by atoms with Crippen molar-refractivity contribution in [2.24, 2.45) is 11.1 Å². The number of nitrogens with zero attached hydrogens (tertiary/aromatic N) is 1. The van der Waals surface area contributed by atoms with Gasteiger partial charge < -0.3 is 19.8 Å². The Labute approximate surface area is 97.1 Å². The fourth-order valence-electron chi connectivity index (χ4n) is 1.46. The molecule has 96 valence electrons. The van der Waals surface area contributed by atoms with Crippen LogP contribution in [-0.2, 0) is 9.57 Å². The Morgan fingerprint density at radius 2 is 2.06 bits per heavy atom. The van der Waals surface area contributed by atoms with Crippen molar-refractivity contribution in [3.63, 3.8) is 0 Å². The summed E-state index contributed by atoms with van der Waals surface area (Å²) >= 11 is 0. The number of oxime groups is 1. The molecule has 5 nitrogen and oxygen atoms in total. The summed E-state index contributed by atoms with van der Waals surface area (Å²) in [5, 5.41) is 22.2. The maximum Gasteiger partial charge on any atom is 0.114 e. The number of hydrogen-bond donors (Lipinski definition) is 2. The maximum absolute atomic E-state index is 9.31. The van der Waals surface area contributed by atoms with E-state index in [9.17, 15) is 10.2 Å². The molecule has 0 aliphatic carbocycles. The molecule has 0 saturated carbocycles. The lowest BCUT2D eigenvalue weighted by Crippen LogP contribution is -2.38. The lowest BCUT2D eigenvalue weighted by Gasteiger charge is -2.31. The van der Waals surface area contributed by atoms with Gasteiger partial charge in [-0.3, -0.25) is 0 Å². The second kappa shape index (κ2) is 8.50. The standard InChI is InChI=1S/C11H23NO4/c1-4-11(9-14,15-3)6-10(8-13)7-12-16-5-2/h7,10,13-14H,4-6,8-9H2,1-3H3/b12-7+. The third kappa shape index (κ3) is 4.92. The number of ether oxygens (including phenoxy) is 1. The number of aliphatic hydroxyl groups excluding tert-OH is 2. The first-order valence-electron chi connectivity index (χ1n) is 5.60. The van der Waals surface area contributed by atoms with E-state index in [0.29, 0.717) is 19.4 Å². The highest BCUT2D eigenvalue weighted by Gasteiger charge is 2.29. The van der Waals surface area contributed by atoms with Crippen LogP contribution in [0, 0.1) is 5.92 Å². The van der Waals surface area contributed by atoms with Crippen LogP contribution in [0.3, 0.4) is 0 Å². The summed E-state index contributed by atoms with van der Waals surface area (Å²) in [5.74, 6) is -0.168. The van der Waals surface area contributed by atoms with Crippen molar-refractivity contribution in [1.82, 2.24) is 0 Å². The van der Waals surface area contributed by atoms with E-state index in [0.717, 1.165) is 0 Å². The molecule has 0 amide bonds. The largest absolute Gasteiger partial charge is 0.396 e. The van der Waals surface area contributed by atoms with E-state index in [1.807, 2.05) is 13.8 Å². The summed E-state index contributed by atoms with van der Waals surface area (Å²) in [5.41, 5.74) is -0.606. The van der Waals surface area contributed by atoms with Gasteiger partial charge >= 0.3 is 0 Å². The number of aliphatic hydroxyl groups is 2. The fourth-order valence-corrected chi connectivity index (χ4v) is 1.46. The monoisotopic (exact) mass is 233 g/mol. The van der Waals surface area contributed by atoms with Crippen molar-refractivity contribution >= 4 is 6.21 Å². The van der Waals surface area contributed by atoms with E-state index < -0.39 is 5.60 Å². The molecule has 2 atom stereocenters. The summed E-state index contributed by atoms with van der Waals surface area (Å²) in [7, 11) is 1.56. The smallest absolute Gasteiger partial charge is 0.114 e. The van der Waals surface area contributed by atoms with Crippen molar-refractivity contribution < 1.29 is 19.8 Å². The Hall–Kier alpha value is -0.650. The van der Waals surface area contributed by atoms with Gasteiger partial charge in [-0.05, 0) is 19.8 Å². The molecule has 0 aromatic heterocycles. The van der Waals surface area contributed by atoms with Gasteiger partial charge in [0.25, 0.3) is 0 Å². The number of methoxy groups -OCH3 is 1. The molecule has 0 radical (unpaired) electrons. The molecule has 0 aliphatic rings.